The summed E-state index contributed by atoms with van der Waals surface area (Å²) in [7, 11) is 0. The largest absolute Gasteiger partial charge is 0.512 e. The Balaban J connectivity index is 0.000000243. The fraction of sp³-hybridized carbons (Fsp3) is 0.191. The van der Waals surface area contributed by atoms with E-state index in [0.717, 1.165) is 50.3 Å². The third-order valence-corrected chi connectivity index (χ3v) is 19.0. The number of hydrogen-bond acceptors (Lipinski definition) is 12. The van der Waals surface area contributed by atoms with Crippen molar-refractivity contribution in [2.75, 3.05) is 0 Å². The molecular formula is C89H86Ir3N3O6S3-3. The van der Waals surface area contributed by atoms with Crippen LogP contribution in [-0.2, 0) is 80.1 Å². The van der Waals surface area contributed by atoms with Gasteiger partial charge in [-0.2, -0.15) is 0 Å². The Bertz CT molecular complexity index is 4930. The van der Waals surface area contributed by atoms with E-state index in [4.69, 9.17) is 30.3 Å². The number of carbonyl (C=O) groups is 3. The van der Waals surface area contributed by atoms with Crippen molar-refractivity contribution in [2.24, 2.45) is 0 Å². The first-order chi connectivity index (χ1) is 48.2. The molecule has 0 bridgehead atoms. The number of aromatic nitrogens is 3. The molecule has 0 atom stereocenters. The fourth-order valence-corrected chi connectivity index (χ4v) is 13.5. The quantitative estimate of drug-likeness (QED) is 0.0617. The second-order valence-corrected chi connectivity index (χ2v) is 29.3. The minimum absolute atomic E-state index is 0. The van der Waals surface area contributed by atoms with Crippen LogP contribution in [0.5, 0.6) is 0 Å². The van der Waals surface area contributed by atoms with E-state index >= 15 is 0 Å². The number of carbonyl (C=O) groups excluding carboxylic acids is 3. The molecule has 15 heteroatoms. The summed E-state index contributed by atoms with van der Waals surface area (Å²) in [5.41, 5.74) is 21.1. The van der Waals surface area contributed by atoms with Crippen LogP contribution in [0.4, 0.5) is 0 Å². The Morgan fingerprint density at radius 3 is 1.00 bits per heavy atom. The molecule has 6 aromatic heterocycles. The molecule has 6 heterocycles. The number of rotatable bonds is 12. The van der Waals surface area contributed by atoms with Gasteiger partial charge in [0.1, 0.15) is 0 Å². The Morgan fingerprint density at radius 2 is 0.712 bits per heavy atom. The third-order valence-electron chi connectivity index (χ3n) is 15.6. The molecule has 13 rings (SSSR count). The van der Waals surface area contributed by atoms with Crippen LogP contribution in [0.1, 0.15) is 124 Å². The molecular weight excluding hydrogens is 1880 g/mol. The number of benzene rings is 7. The van der Waals surface area contributed by atoms with Gasteiger partial charge in [0.25, 0.3) is 0 Å². The molecule has 0 aliphatic rings. The summed E-state index contributed by atoms with van der Waals surface area (Å²) in [5.74, 6) is 0.859. The summed E-state index contributed by atoms with van der Waals surface area (Å²) in [5, 5.41) is 25.1. The molecule has 3 radical (unpaired) electrons. The van der Waals surface area contributed by atoms with Gasteiger partial charge in [0.2, 0.25) is 0 Å². The summed E-state index contributed by atoms with van der Waals surface area (Å²) in [6.07, 6.45) is 3.50. The summed E-state index contributed by atoms with van der Waals surface area (Å²) in [6.45, 7) is 26.5. The summed E-state index contributed by atoms with van der Waals surface area (Å²) < 4.78 is 3.65. The van der Waals surface area contributed by atoms with Crippen molar-refractivity contribution in [1.29, 1.82) is 0 Å². The van der Waals surface area contributed by atoms with Crippen molar-refractivity contribution in [1.82, 2.24) is 15.0 Å². The molecule has 541 valence electrons. The molecule has 3 N–H and O–H groups in total. The van der Waals surface area contributed by atoms with E-state index in [2.05, 4.69) is 225 Å². The maximum absolute atomic E-state index is 10.0. The van der Waals surface area contributed by atoms with Crippen molar-refractivity contribution < 1.29 is 90.0 Å². The first-order valence-electron chi connectivity index (χ1n) is 33.4. The maximum Gasteiger partial charge on any atom is 0.155 e. The van der Waals surface area contributed by atoms with E-state index < -0.39 is 0 Å². The van der Waals surface area contributed by atoms with Crippen molar-refractivity contribution >= 4 is 82.0 Å². The Hall–Kier alpha value is -8.55. The van der Waals surface area contributed by atoms with E-state index in [9.17, 15) is 14.4 Å². The number of thiophene rings is 3. The topological polar surface area (TPSA) is 151 Å². The van der Waals surface area contributed by atoms with Crippen molar-refractivity contribution in [3.05, 3.63) is 294 Å². The van der Waals surface area contributed by atoms with Crippen LogP contribution in [0, 0.1) is 25.1 Å². The average Bonchev–Trinajstić information content (AvgIpc) is 1.62. The second kappa shape index (κ2) is 41.2. The standard InChI is InChI=1S/C26H18NS.C25H24NS.C23H20NS.3C5H8O2.3Ir/c1-18-7-5-6-10-22(18)19-11-13-21(14-12-19)26-17-24-25(28-26)16-15-23(27-24)20-8-3-2-4-9-20;1-16(2)19-12-20(17(3)4)14-21(13-19)25-15-23-24(27-25)11-10-22(26-23)18-8-6-5-7-9-18;1-23(2,3)18-11-9-17(10-12-18)22-15-20-21(25-22)14-13-19(24-20)16-7-5-4-6-8-16;3*1-4(6)3-5(2)7;;;/h2-8,10-17H,1H3;5-8,10-17H,1-4H3;4-7,9-15H,1-3H3;3*3,6H,1-2H3;;;/q3*-1;;;;;;. The zero-order chi connectivity index (χ0) is 72.9. The number of aliphatic hydroxyl groups excluding tert-OH is 3. The van der Waals surface area contributed by atoms with E-state index in [1.54, 1.807) is 22.7 Å². The van der Waals surface area contributed by atoms with Crippen LogP contribution in [0.15, 0.2) is 254 Å². The van der Waals surface area contributed by atoms with Gasteiger partial charge >= 0.3 is 0 Å². The van der Waals surface area contributed by atoms with Crippen molar-refractivity contribution in [3.8, 4) is 76.2 Å². The third kappa shape index (κ3) is 25.9. The number of hydrogen-bond donors (Lipinski definition) is 3. The second-order valence-electron chi connectivity index (χ2n) is 26.0. The summed E-state index contributed by atoms with van der Waals surface area (Å²) in [4.78, 5) is 48.4. The van der Waals surface area contributed by atoms with E-state index in [-0.39, 0.29) is 100 Å². The van der Waals surface area contributed by atoms with Gasteiger partial charge in [0.15, 0.2) is 17.3 Å². The van der Waals surface area contributed by atoms with Gasteiger partial charge in [-0.25, -0.2) is 0 Å². The van der Waals surface area contributed by atoms with Crippen LogP contribution >= 0.6 is 34.0 Å². The minimum atomic E-state index is -0.125. The molecule has 0 amide bonds. The van der Waals surface area contributed by atoms with Crippen LogP contribution in [0.25, 0.3) is 107 Å². The number of aliphatic hydroxyl groups is 3. The average molecular weight is 1970 g/mol. The maximum atomic E-state index is 10.0. The van der Waals surface area contributed by atoms with E-state index in [1.165, 1.54) is 139 Å². The number of aryl methyl sites for hydroxylation is 1. The molecule has 0 saturated heterocycles. The number of pyridine rings is 3. The molecule has 0 fully saturated rings. The molecule has 0 aliphatic carbocycles. The molecule has 0 unspecified atom stereocenters. The van der Waals surface area contributed by atoms with Gasteiger partial charge in [-0.15, -0.1) is 142 Å². The van der Waals surface area contributed by atoms with Crippen molar-refractivity contribution in [2.45, 2.75) is 114 Å². The zero-order valence-electron chi connectivity index (χ0n) is 60.8. The number of nitrogens with zero attached hydrogens (tertiary/aromatic N) is 3. The Kier molecular flexibility index (Phi) is 34.1. The first kappa shape index (κ1) is 86.1. The molecule has 7 aromatic carbocycles. The van der Waals surface area contributed by atoms with Crippen LogP contribution in [0.2, 0.25) is 0 Å². The first-order valence-corrected chi connectivity index (χ1v) is 35.8. The summed E-state index contributed by atoms with van der Waals surface area (Å²) in [6, 6.07) is 86.4. The molecule has 9 nitrogen and oxygen atoms in total. The normalized spacial score (nSPS) is 11.1. The number of allylic oxidation sites excluding steroid dienone is 6. The van der Waals surface area contributed by atoms with E-state index in [0.29, 0.717) is 11.8 Å². The molecule has 0 saturated carbocycles. The monoisotopic (exact) mass is 1970 g/mol. The molecule has 13 aromatic rings. The predicted octanol–water partition coefficient (Wildman–Crippen LogP) is 24.9. The fourth-order valence-electron chi connectivity index (χ4n) is 10.5. The van der Waals surface area contributed by atoms with Gasteiger partial charge in [-0.3, -0.25) is 29.3 Å². The SMILES string of the molecule is CC(=O)C=C(C)O.CC(=O)C=C(C)O.CC(=O)C=C(C)O.CC(C)(C)c1ccc(-c2cc3nc(-c4[c-]cccc4)ccc3s2)cc1.CC(C)c1cc(-c2cc3nc(-c4[c-]cccc4)ccc3s2)cc(C(C)C)c1.Cc1ccccc1-c1ccc(-c2cc3nc(-c4[c-]cccc4)ccc3s2)cc1.[Ir].[Ir].[Ir]. The zero-order valence-corrected chi connectivity index (χ0v) is 70.4. The molecule has 104 heavy (non-hydrogen) atoms. The number of fused-ring (bicyclic) bond motifs is 3. The van der Waals surface area contributed by atoms with Gasteiger partial charge in [0, 0.05) is 93.2 Å². The number of ketones is 3. The van der Waals surface area contributed by atoms with Crippen LogP contribution < -0.4 is 0 Å². The van der Waals surface area contributed by atoms with Gasteiger partial charge < -0.3 is 15.3 Å². The van der Waals surface area contributed by atoms with Crippen molar-refractivity contribution in [3.63, 3.8) is 0 Å². The smallest absolute Gasteiger partial charge is 0.155 e. The predicted molar refractivity (Wildman–Crippen MR) is 426 cm³/mol. The van der Waals surface area contributed by atoms with Crippen LogP contribution in [0.3, 0.4) is 0 Å². The Morgan fingerprint density at radius 1 is 0.394 bits per heavy atom. The van der Waals surface area contributed by atoms with Gasteiger partial charge in [-0.05, 0) is 169 Å². The van der Waals surface area contributed by atoms with Crippen LogP contribution in [-0.4, -0.2) is 47.6 Å². The molecule has 0 aliphatic heterocycles. The van der Waals surface area contributed by atoms with Gasteiger partial charge in [0.05, 0.1) is 47.9 Å². The summed E-state index contributed by atoms with van der Waals surface area (Å²) >= 11 is 5.40. The Labute approximate surface area is 665 Å². The minimum Gasteiger partial charge on any atom is -0.512 e. The molecule has 0 spiro atoms. The van der Waals surface area contributed by atoms with Gasteiger partial charge in [-0.1, -0.05) is 158 Å². The van der Waals surface area contributed by atoms with E-state index in [1.807, 2.05) is 78.1 Å².